The average molecular weight is 477 g/mol. The summed E-state index contributed by atoms with van der Waals surface area (Å²) < 4.78 is 6.06. The van der Waals surface area contributed by atoms with Gasteiger partial charge in [0.05, 0.1) is 29.7 Å². The number of anilines is 2. The summed E-state index contributed by atoms with van der Waals surface area (Å²) in [5, 5.41) is 6.43. The highest BCUT2D eigenvalue weighted by Crippen LogP contribution is 2.27. The minimum atomic E-state index is -0.179. The van der Waals surface area contributed by atoms with Gasteiger partial charge in [-0.2, -0.15) is 5.10 Å². The molecule has 0 spiro atoms. The summed E-state index contributed by atoms with van der Waals surface area (Å²) in [5.41, 5.74) is 1.81. The molecule has 2 saturated heterocycles. The maximum absolute atomic E-state index is 13.1. The third-order valence-electron chi connectivity index (χ3n) is 6.57. The van der Waals surface area contributed by atoms with Gasteiger partial charge < -0.3 is 19.4 Å². The van der Waals surface area contributed by atoms with E-state index in [0.29, 0.717) is 55.6 Å². The summed E-state index contributed by atoms with van der Waals surface area (Å²) in [6.45, 7) is 5.60. The fourth-order valence-electron chi connectivity index (χ4n) is 4.62. The van der Waals surface area contributed by atoms with E-state index in [2.05, 4.69) is 34.9 Å². The van der Waals surface area contributed by atoms with E-state index in [1.165, 1.54) is 0 Å². The molecule has 0 aromatic carbocycles. The Morgan fingerprint density at radius 1 is 1.11 bits per heavy atom. The van der Waals surface area contributed by atoms with Crippen LogP contribution in [-0.4, -0.2) is 81.3 Å². The van der Waals surface area contributed by atoms with Gasteiger partial charge in [-0.25, -0.2) is 15.1 Å². The summed E-state index contributed by atoms with van der Waals surface area (Å²) in [6.07, 6.45) is 10.3. The highest BCUT2D eigenvalue weighted by atomic mass is 16.5. The zero-order valence-electron chi connectivity index (χ0n) is 19.6. The van der Waals surface area contributed by atoms with Crippen LogP contribution in [0.3, 0.4) is 0 Å². The third-order valence-corrected chi connectivity index (χ3v) is 6.57. The molecule has 11 heteroatoms. The zero-order chi connectivity index (χ0) is 24.2. The fourth-order valence-corrected chi connectivity index (χ4v) is 4.62. The van der Waals surface area contributed by atoms with Crippen LogP contribution in [0.25, 0.3) is 0 Å². The molecule has 2 aliphatic rings. The first-order chi connectivity index (χ1) is 17.1. The molecule has 5 rings (SSSR count). The number of piperazine rings is 1. The van der Waals surface area contributed by atoms with E-state index in [1.54, 1.807) is 50.0 Å². The van der Waals surface area contributed by atoms with E-state index in [-0.39, 0.29) is 17.5 Å². The first kappa shape index (κ1) is 22.8. The van der Waals surface area contributed by atoms with Crippen molar-refractivity contribution < 1.29 is 9.53 Å². The van der Waals surface area contributed by atoms with E-state index in [4.69, 9.17) is 4.74 Å². The van der Waals surface area contributed by atoms with Crippen LogP contribution in [0, 0.1) is 6.92 Å². The Hall–Kier alpha value is -4.02. The van der Waals surface area contributed by atoms with Crippen molar-refractivity contribution in [1.82, 2.24) is 30.0 Å². The van der Waals surface area contributed by atoms with Crippen molar-refractivity contribution in [3.05, 3.63) is 64.6 Å². The Kier molecular flexibility index (Phi) is 6.55. The van der Waals surface area contributed by atoms with Gasteiger partial charge in [-0.15, -0.1) is 0 Å². The summed E-state index contributed by atoms with van der Waals surface area (Å²) in [6, 6.07) is 3.66. The van der Waals surface area contributed by atoms with Gasteiger partial charge in [0.25, 0.3) is 11.5 Å². The van der Waals surface area contributed by atoms with Gasteiger partial charge in [-0.3, -0.25) is 14.6 Å². The van der Waals surface area contributed by atoms with Crippen molar-refractivity contribution in [3.8, 4) is 5.75 Å². The summed E-state index contributed by atoms with van der Waals surface area (Å²) in [5.74, 6) is 1.17. The van der Waals surface area contributed by atoms with Crippen LogP contribution in [-0.2, 0) is 0 Å². The molecule has 35 heavy (non-hydrogen) atoms. The molecule has 182 valence electrons. The molecule has 1 N–H and O–H groups in total. The first-order valence-corrected chi connectivity index (χ1v) is 11.8. The largest absolute Gasteiger partial charge is 0.490 e. The topological polar surface area (TPSA) is 120 Å². The maximum atomic E-state index is 13.1. The highest BCUT2D eigenvalue weighted by Gasteiger charge is 2.28. The van der Waals surface area contributed by atoms with E-state index >= 15 is 0 Å². The molecule has 2 aliphatic heterocycles. The van der Waals surface area contributed by atoms with Crippen LogP contribution in [0.2, 0.25) is 0 Å². The lowest BCUT2D eigenvalue weighted by Gasteiger charge is -2.34. The summed E-state index contributed by atoms with van der Waals surface area (Å²) in [7, 11) is 0. The molecule has 3 aromatic heterocycles. The van der Waals surface area contributed by atoms with Crippen molar-refractivity contribution in [2.24, 2.45) is 0 Å². The minimum absolute atomic E-state index is 0.0655. The van der Waals surface area contributed by atoms with Gasteiger partial charge in [0.15, 0.2) is 0 Å². The minimum Gasteiger partial charge on any atom is -0.490 e. The average Bonchev–Trinajstić information content (AvgIpc) is 3.38. The van der Waals surface area contributed by atoms with Gasteiger partial charge in [-0.1, -0.05) is 0 Å². The predicted octanol–water partition coefficient (Wildman–Crippen LogP) is 1.27. The van der Waals surface area contributed by atoms with Gasteiger partial charge in [0, 0.05) is 56.9 Å². The number of rotatable bonds is 6. The molecule has 0 aliphatic carbocycles. The molecule has 1 amide bonds. The molecule has 0 unspecified atom stereocenters. The fraction of sp³-hybridized carbons (Fsp3) is 0.417. The Bertz CT molecular complexity index is 1230. The van der Waals surface area contributed by atoms with Gasteiger partial charge in [-0.05, 0) is 31.9 Å². The lowest BCUT2D eigenvalue weighted by Crippen LogP contribution is -2.49. The Morgan fingerprint density at radius 3 is 2.71 bits per heavy atom. The van der Waals surface area contributed by atoms with Crippen molar-refractivity contribution in [2.45, 2.75) is 25.8 Å². The molecule has 11 nitrogen and oxygen atoms in total. The number of amides is 1. The van der Waals surface area contributed by atoms with Crippen LogP contribution < -0.4 is 20.1 Å². The van der Waals surface area contributed by atoms with E-state index in [1.807, 2.05) is 4.90 Å². The van der Waals surface area contributed by atoms with E-state index in [0.717, 1.165) is 25.1 Å². The Balaban J connectivity index is 1.20. The Morgan fingerprint density at radius 2 is 1.91 bits per heavy atom. The second-order valence-corrected chi connectivity index (χ2v) is 8.75. The van der Waals surface area contributed by atoms with E-state index in [9.17, 15) is 9.59 Å². The SMILES string of the molecule is Cc1c(N2CCC[C@H]2COc2cncc(C(=O)N3CCN(c4ncccn4)CC3)c2)cn[nH]c1=O. The number of nitrogens with zero attached hydrogens (tertiary/aromatic N) is 7. The number of H-pyrrole nitrogens is 1. The molecular formula is C24H28N8O3. The van der Waals surface area contributed by atoms with Crippen LogP contribution in [0.1, 0.15) is 28.8 Å². The Labute approximate surface area is 202 Å². The van der Waals surface area contributed by atoms with E-state index < -0.39 is 0 Å². The lowest BCUT2D eigenvalue weighted by atomic mass is 10.2. The molecular weight excluding hydrogens is 448 g/mol. The number of pyridine rings is 1. The van der Waals surface area contributed by atoms with Crippen molar-refractivity contribution in [2.75, 3.05) is 49.1 Å². The number of hydrogen-bond donors (Lipinski definition) is 1. The van der Waals surface area contributed by atoms with Crippen LogP contribution in [0.15, 0.2) is 47.9 Å². The highest BCUT2D eigenvalue weighted by molar-refractivity contribution is 5.94. The predicted molar refractivity (Wildman–Crippen MR) is 130 cm³/mol. The van der Waals surface area contributed by atoms with Crippen LogP contribution >= 0.6 is 0 Å². The number of hydrogen-bond acceptors (Lipinski definition) is 9. The normalized spacial score (nSPS) is 18.1. The number of aromatic amines is 1. The number of carbonyl (C=O) groups excluding carboxylic acids is 1. The third kappa shape index (κ3) is 4.93. The number of ether oxygens (including phenoxy) is 1. The second kappa shape index (κ2) is 10.1. The molecule has 3 aromatic rings. The molecule has 0 saturated carbocycles. The van der Waals surface area contributed by atoms with Gasteiger partial charge in [0.1, 0.15) is 12.4 Å². The first-order valence-electron chi connectivity index (χ1n) is 11.8. The van der Waals surface area contributed by atoms with Crippen molar-refractivity contribution in [3.63, 3.8) is 0 Å². The smallest absolute Gasteiger partial charge is 0.269 e. The van der Waals surface area contributed by atoms with Gasteiger partial charge in [0.2, 0.25) is 5.95 Å². The summed E-state index contributed by atoms with van der Waals surface area (Å²) in [4.78, 5) is 44.0. The van der Waals surface area contributed by atoms with Crippen LogP contribution in [0.4, 0.5) is 11.6 Å². The number of nitrogens with one attached hydrogen (secondary N) is 1. The molecule has 1 atom stereocenters. The van der Waals surface area contributed by atoms with Crippen molar-refractivity contribution >= 4 is 17.5 Å². The second-order valence-electron chi connectivity index (χ2n) is 8.75. The van der Waals surface area contributed by atoms with Crippen molar-refractivity contribution in [1.29, 1.82) is 0 Å². The summed E-state index contributed by atoms with van der Waals surface area (Å²) >= 11 is 0. The van der Waals surface area contributed by atoms with Gasteiger partial charge >= 0.3 is 0 Å². The van der Waals surface area contributed by atoms with Crippen LogP contribution in [0.5, 0.6) is 5.75 Å². The molecule has 0 bridgehead atoms. The maximum Gasteiger partial charge on any atom is 0.269 e. The lowest BCUT2D eigenvalue weighted by molar-refractivity contribution is 0.0745. The molecule has 2 fully saturated rings. The standard InChI is InChI=1S/C24H28N8O3/c1-17-21(15-28-29-22(17)33)32-7-2-4-19(32)16-35-20-12-18(13-25-14-20)23(34)30-8-10-31(11-9-30)24-26-5-3-6-27-24/h3,5-6,12-15,19H,2,4,7-11,16H2,1H3,(H,29,33)/t19-/m0/s1. The number of carbonyl (C=O) groups is 1. The zero-order valence-corrected chi connectivity index (χ0v) is 19.6. The quantitative estimate of drug-likeness (QED) is 0.561. The molecule has 0 radical (unpaired) electrons. The molecule has 5 heterocycles. The number of aromatic nitrogens is 5. The monoisotopic (exact) mass is 476 g/mol.